The van der Waals surface area contributed by atoms with Crippen LogP contribution < -0.4 is 5.73 Å². The van der Waals surface area contributed by atoms with Gasteiger partial charge < -0.3 is 10.6 Å². The van der Waals surface area contributed by atoms with Gasteiger partial charge in [-0.05, 0) is 30.5 Å². The zero-order valence-corrected chi connectivity index (χ0v) is 14.0. The van der Waals surface area contributed by atoms with Gasteiger partial charge in [-0.3, -0.25) is 4.79 Å². The smallest absolute Gasteiger partial charge is 0.342 e. The first-order valence-electron chi connectivity index (χ1n) is 6.91. The molecule has 1 aromatic rings. The number of halogens is 5. The molecule has 0 saturated carbocycles. The van der Waals surface area contributed by atoms with Crippen molar-refractivity contribution in [1.82, 2.24) is 4.90 Å². The lowest BCUT2D eigenvalue weighted by Crippen LogP contribution is -2.34. The Morgan fingerprint density at radius 2 is 1.83 bits per heavy atom. The Bertz CT molecular complexity index is 535. The molecule has 0 aromatic heterocycles. The van der Waals surface area contributed by atoms with Gasteiger partial charge in [-0.15, -0.1) is 12.4 Å². The first-order valence-corrected chi connectivity index (χ1v) is 6.91. The monoisotopic (exact) mass is 356 g/mol. The second-order valence-corrected chi connectivity index (χ2v) is 5.65. The first kappa shape index (κ1) is 21.7. The number of hydrogen-bond acceptors (Lipinski definition) is 2. The molecule has 0 fully saturated rings. The van der Waals surface area contributed by atoms with E-state index < -0.39 is 23.5 Å². The van der Waals surface area contributed by atoms with Gasteiger partial charge in [0, 0.05) is 25.2 Å². The Labute approximate surface area is 139 Å². The second-order valence-electron chi connectivity index (χ2n) is 5.65. The molecule has 1 atom stereocenters. The van der Waals surface area contributed by atoms with Crippen molar-refractivity contribution in [2.45, 2.75) is 32.5 Å². The topological polar surface area (TPSA) is 46.3 Å². The minimum atomic E-state index is -4.70. The zero-order chi connectivity index (χ0) is 17.1. The molecule has 8 heteroatoms. The van der Waals surface area contributed by atoms with Crippen LogP contribution in [0.15, 0.2) is 18.2 Å². The van der Waals surface area contributed by atoms with E-state index in [1.807, 2.05) is 13.8 Å². The average Bonchev–Trinajstić information content (AvgIpc) is 2.41. The number of carbonyl (C=O) groups excluding carboxylic acids is 1. The Balaban J connectivity index is 0.00000484. The minimum absolute atomic E-state index is 0. The number of amides is 1. The summed E-state index contributed by atoms with van der Waals surface area (Å²) in [6.07, 6.45) is -4.18. The largest absolute Gasteiger partial charge is 0.416 e. The van der Waals surface area contributed by atoms with Crippen molar-refractivity contribution in [2.24, 2.45) is 11.7 Å². The summed E-state index contributed by atoms with van der Waals surface area (Å²) in [5, 5.41) is 0. The van der Waals surface area contributed by atoms with E-state index in [1.165, 1.54) is 11.9 Å². The summed E-state index contributed by atoms with van der Waals surface area (Å²) in [5.74, 6) is -1.53. The second kappa shape index (κ2) is 8.49. The number of alkyl halides is 3. The van der Waals surface area contributed by atoms with E-state index in [1.54, 1.807) is 0 Å². The van der Waals surface area contributed by atoms with Crippen molar-refractivity contribution in [3.63, 3.8) is 0 Å². The van der Waals surface area contributed by atoms with Gasteiger partial charge in [0.15, 0.2) is 0 Å². The highest BCUT2D eigenvalue weighted by Crippen LogP contribution is 2.30. The molecule has 1 rings (SSSR count). The molecule has 23 heavy (non-hydrogen) atoms. The Morgan fingerprint density at radius 3 is 2.30 bits per heavy atom. The van der Waals surface area contributed by atoms with Crippen LogP contribution in [0.3, 0.4) is 0 Å². The van der Waals surface area contributed by atoms with Crippen LogP contribution in [0.4, 0.5) is 17.6 Å². The predicted octanol–water partition coefficient (Wildman–Crippen LogP) is 3.71. The highest BCUT2D eigenvalue weighted by Gasteiger charge is 2.32. The highest BCUT2D eigenvalue weighted by atomic mass is 35.5. The minimum Gasteiger partial charge on any atom is -0.342 e. The molecular formula is C15H21ClF4N2O. The molecule has 0 aliphatic carbocycles. The molecule has 2 N–H and O–H groups in total. The predicted molar refractivity (Wildman–Crippen MR) is 83.0 cm³/mol. The SMILES string of the molecule is CC(C)C(N)CCN(C)C(=O)c1cc(F)cc(C(F)(F)F)c1.Cl. The number of benzene rings is 1. The van der Waals surface area contributed by atoms with E-state index in [0.717, 1.165) is 6.07 Å². The maximum absolute atomic E-state index is 13.3. The molecule has 0 bridgehead atoms. The fraction of sp³-hybridized carbons (Fsp3) is 0.533. The fourth-order valence-corrected chi connectivity index (χ4v) is 1.87. The van der Waals surface area contributed by atoms with E-state index in [4.69, 9.17) is 5.73 Å². The molecule has 132 valence electrons. The lowest BCUT2D eigenvalue weighted by molar-refractivity contribution is -0.137. The normalized spacial score (nSPS) is 12.7. The molecule has 0 aliphatic heterocycles. The number of nitrogens with two attached hydrogens (primary N) is 1. The molecule has 0 saturated heterocycles. The van der Waals surface area contributed by atoms with Crippen molar-refractivity contribution in [2.75, 3.05) is 13.6 Å². The van der Waals surface area contributed by atoms with Crippen LogP contribution >= 0.6 is 12.4 Å². The maximum Gasteiger partial charge on any atom is 0.416 e. The Kier molecular flexibility index (Phi) is 8.00. The lowest BCUT2D eigenvalue weighted by atomic mass is 10.0. The Morgan fingerprint density at radius 1 is 1.26 bits per heavy atom. The molecule has 3 nitrogen and oxygen atoms in total. The average molecular weight is 357 g/mol. The van der Waals surface area contributed by atoms with Crippen LogP contribution in [-0.2, 0) is 6.18 Å². The van der Waals surface area contributed by atoms with Gasteiger partial charge in [0.25, 0.3) is 5.91 Å². The van der Waals surface area contributed by atoms with E-state index in [9.17, 15) is 22.4 Å². The van der Waals surface area contributed by atoms with Crippen molar-refractivity contribution < 1.29 is 22.4 Å². The summed E-state index contributed by atoms with van der Waals surface area (Å²) < 4.78 is 51.3. The van der Waals surface area contributed by atoms with E-state index in [-0.39, 0.29) is 36.5 Å². The van der Waals surface area contributed by atoms with Crippen LogP contribution in [0.1, 0.15) is 36.2 Å². The summed E-state index contributed by atoms with van der Waals surface area (Å²) >= 11 is 0. The molecule has 1 aromatic carbocycles. The van der Waals surface area contributed by atoms with Crippen LogP contribution in [0.25, 0.3) is 0 Å². The van der Waals surface area contributed by atoms with Gasteiger partial charge >= 0.3 is 6.18 Å². The third-order valence-corrected chi connectivity index (χ3v) is 3.47. The third-order valence-electron chi connectivity index (χ3n) is 3.47. The van der Waals surface area contributed by atoms with E-state index in [2.05, 4.69) is 0 Å². The van der Waals surface area contributed by atoms with Crippen molar-refractivity contribution in [1.29, 1.82) is 0 Å². The summed E-state index contributed by atoms with van der Waals surface area (Å²) in [7, 11) is 1.45. The highest BCUT2D eigenvalue weighted by molar-refractivity contribution is 5.94. The third kappa shape index (κ3) is 6.35. The number of carbonyl (C=O) groups is 1. The molecule has 0 spiro atoms. The standard InChI is InChI=1S/C15H20F4N2O.ClH/c1-9(2)13(20)4-5-21(3)14(22)10-6-11(15(17,18)19)8-12(16)7-10;/h6-9,13H,4-5,20H2,1-3H3;1H. The van der Waals surface area contributed by atoms with Gasteiger partial charge in [-0.1, -0.05) is 13.8 Å². The number of nitrogens with zero attached hydrogens (tertiary/aromatic N) is 1. The van der Waals surface area contributed by atoms with Crippen LogP contribution in [0.2, 0.25) is 0 Å². The lowest BCUT2D eigenvalue weighted by Gasteiger charge is -2.22. The van der Waals surface area contributed by atoms with Crippen molar-refractivity contribution >= 4 is 18.3 Å². The maximum atomic E-state index is 13.3. The molecular weight excluding hydrogens is 336 g/mol. The van der Waals surface area contributed by atoms with Crippen molar-refractivity contribution in [3.8, 4) is 0 Å². The van der Waals surface area contributed by atoms with Crippen LogP contribution in [-0.4, -0.2) is 30.4 Å². The first-order chi connectivity index (χ1) is 10.0. The van der Waals surface area contributed by atoms with Gasteiger partial charge in [0.2, 0.25) is 0 Å². The number of hydrogen-bond donors (Lipinski definition) is 1. The summed E-state index contributed by atoms with van der Waals surface area (Å²) in [4.78, 5) is 13.4. The van der Waals surface area contributed by atoms with Crippen LogP contribution in [0, 0.1) is 11.7 Å². The quantitative estimate of drug-likeness (QED) is 0.817. The fourth-order valence-electron chi connectivity index (χ4n) is 1.87. The van der Waals surface area contributed by atoms with Gasteiger partial charge in [-0.2, -0.15) is 13.2 Å². The molecule has 0 aliphatic rings. The van der Waals surface area contributed by atoms with Crippen LogP contribution in [0.5, 0.6) is 0 Å². The summed E-state index contributed by atoms with van der Waals surface area (Å²) in [6, 6.07) is 1.71. The molecule has 0 heterocycles. The number of rotatable bonds is 5. The zero-order valence-electron chi connectivity index (χ0n) is 13.2. The molecule has 1 unspecified atom stereocenters. The van der Waals surface area contributed by atoms with Gasteiger partial charge in [0.1, 0.15) is 5.82 Å². The van der Waals surface area contributed by atoms with Crippen molar-refractivity contribution in [3.05, 3.63) is 35.1 Å². The summed E-state index contributed by atoms with van der Waals surface area (Å²) in [6.45, 7) is 4.17. The Hall–Kier alpha value is -1.34. The molecule has 1 amide bonds. The molecule has 0 radical (unpaired) electrons. The van der Waals surface area contributed by atoms with E-state index >= 15 is 0 Å². The summed E-state index contributed by atoms with van der Waals surface area (Å²) in [5.41, 5.74) is 4.36. The van der Waals surface area contributed by atoms with Gasteiger partial charge in [0.05, 0.1) is 5.56 Å². The van der Waals surface area contributed by atoms with Gasteiger partial charge in [-0.25, -0.2) is 4.39 Å². The van der Waals surface area contributed by atoms with E-state index in [0.29, 0.717) is 18.6 Å².